The maximum atomic E-state index is 16.9. The molecule has 0 radical (unpaired) electrons. The Hall–Kier alpha value is -3.20. The Kier molecular flexibility index (Phi) is 7.04. The lowest BCUT2D eigenvalue weighted by Crippen LogP contribution is -2.54. The van der Waals surface area contributed by atoms with Gasteiger partial charge in [-0.15, -0.1) is 0 Å². The summed E-state index contributed by atoms with van der Waals surface area (Å²) in [6.07, 6.45) is 8.22. The zero-order chi connectivity index (χ0) is 29.1. The largest absolute Gasteiger partial charge is 0.508 e. The molecular formula is C34H37ClFN5O2. The number of aromatic nitrogens is 2. The van der Waals surface area contributed by atoms with Crippen LogP contribution in [0.3, 0.4) is 0 Å². The molecule has 9 rings (SSSR count). The fourth-order valence-corrected chi connectivity index (χ4v) is 7.79. The highest BCUT2D eigenvalue weighted by Crippen LogP contribution is 2.43. The molecule has 0 amide bonds. The van der Waals surface area contributed by atoms with Crippen LogP contribution in [-0.2, 0) is 0 Å². The third-order valence-corrected chi connectivity index (χ3v) is 10.2. The van der Waals surface area contributed by atoms with Crippen LogP contribution in [0, 0.1) is 11.7 Å². The van der Waals surface area contributed by atoms with Gasteiger partial charge >= 0.3 is 6.01 Å². The van der Waals surface area contributed by atoms with Gasteiger partial charge in [0.2, 0.25) is 0 Å². The lowest BCUT2D eigenvalue weighted by molar-refractivity contribution is 0.160. The monoisotopic (exact) mass is 601 g/mol. The van der Waals surface area contributed by atoms with Gasteiger partial charge in [0.05, 0.1) is 5.02 Å². The zero-order valence-electron chi connectivity index (χ0n) is 24.2. The topological polar surface area (TPSA) is 73.8 Å². The van der Waals surface area contributed by atoms with E-state index in [0.717, 1.165) is 68.6 Å². The van der Waals surface area contributed by atoms with Crippen LogP contribution in [-0.4, -0.2) is 70.9 Å². The molecule has 3 atom stereocenters. The van der Waals surface area contributed by atoms with Crippen molar-refractivity contribution in [3.05, 3.63) is 53.3 Å². The Labute approximate surface area is 256 Å². The molecule has 5 aliphatic rings. The van der Waals surface area contributed by atoms with Crippen molar-refractivity contribution in [1.29, 1.82) is 0 Å². The predicted octanol–water partition coefficient (Wildman–Crippen LogP) is 6.53. The van der Waals surface area contributed by atoms with Gasteiger partial charge in [0, 0.05) is 48.7 Å². The summed E-state index contributed by atoms with van der Waals surface area (Å²) >= 11 is 6.92. The smallest absolute Gasteiger partial charge is 0.319 e. The van der Waals surface area contributed by atoms with Gasteiger partial charge in [-0.25, -0.2) is 4.39 Å². The standard InChI is InChI=1S/C34H37ClFN5O2/c35-29-15-28-32(31(36)30(29)27-14-25(42)13-21-5-1-2-9-26(21)27)38-34(43-19-24-8-4-12-40(24)17-20-10-11-20)39-33(28)41-18-22-6-3-7-23(41)16-37-22/h1-2,5,9,13-15,20,22-24,37,42H,3-4,6-8,10-12,16-19H2/t22?,23?,24-/m0/s1. The summed E-state index contributed by atoms with van der Waals surface area (Å²) < 4.78 is 23.2. The van der Waals surface area contributed by atoms with Crippen LogP contribution in [0.1, 0.15) is 44.9 Å². The van der Waals surface area contributed by atoms with Crippen molar-refractivity contribution in [2.45, 2.75) is 63.1 Å². The van der Waals surface area contributed by atoms with Crippen LogP contribution in [0.2, 0.25) is 5.02 Å². The average Bonchev–Trinajstić information content (AvgIpc) is 3.79. The highest BCUT2D eigenvalue weighted by molar-refractivity contribution is 6.35. The van der Waals surface area contributed by atoms with Crippen molar-refractivity contribution in [3.8, 4) is 22.9 Å². The van der Waals surface area contributed by atoms with E-state index in [1.54, 1.807) is 18.2 Å². The number of piperazine rings is 1. The fourth-order valence-electron chi connectivity index (χ4n) is 7.49. The molecule has 2 unspecified atom stereocenters. The molecule has 4 aliphatic heterocycles. The molecule has 5 fully saturated rings. The molecule has 5 heterocycles. The van der Waals surface area contributed by atoms with Crippen LogP contribution >= 0.6 is 11.6 Å². The van der Waals surface area contributed by atoms with Crippen molar-refractivity contribution < 1.29 is 14.2 Å². The van der Waals surface area contributed by atoms with Crippen LogP contribution in [0.4, 0.5) is 10.2 Å². The SMILES string of the molecule is Oc1cc(-c2c(Cl)cc3c(N4CC5CCCC4CN5)nc(OC[C@@H]4CCCN4CC4CC4)nc3c2F)c2ccccc2c1. The molecule has 1 saturated carbocycles. The summed E-state index contributed by atoms with van der Waals surface area (Å²) in [5.41, 5.74) is 0.950. The van der Waals surface area contributed by atoms with Gasteiger partial charge in [0.25, 0.3) is 0 Å². The molecule has 0 spiro atoms. The van der Waals surface area contributed by atoms with Crippen LogP contribution in [0.25, 0.3) is 32.8 Å². The number of phenolic OH excluding ortho intramolecular Hbond substituents is 1. The lowest BCUT2D eigenvalue weighted by atomic mass is 9.96. The number of hydrogen-bond donors (Lipinski definition) is 2. The molecule has 2 bridgehead atoms. The molecular weight excluding hydrogens is 565 g/mol. The van der Waals surface area contributed by atoms with Crippen LogP contribution in [0.5, 0.6) is 11.8 Å². The Balaban J connectivity index is 1.24. The Morgan fingerprint density at radius 1 is 1.02 bits per heavy atom. The van der Waals surface area contributed by atoms with E-state index in [2.05, 4.69) is 15.1 Å². The molecule has 2 N–H and O–H groups in total. The van der Waals surface area contributed by atoms with E-state index < -0.39 is 5.82 Å². The van der Waals surface area contributed by atoms with Gasteiger partial charge in [-0.05, 0) is 91.9 Å². The number of rotatable bonds is 7. The second-order valence-electron chi connectivity index (χ2n) is 12.9. The zero-order valence-corrected chi connectivity index (χ0v) is 25.0. The second kappa shape index (κ2) is 11.1. The summed E-state index contributed by atoms with van der Waals surface area (Å²) in [6.45, 7) is 4.40. The van der Waals surface area contributed by atoms with E-state index in [1.807, 2.05) is 24.3 Å². The van der Waals surface area contributed by atoms with Crippen molar-refractivity contribution >= 4 is 39.1 Å². The number of hydrogen-bond acceptors (Lipinski definition) is 7. The number of ether oxygens (including phenoxy) is 1. The van der Waals surface area contributed by atoms with Gasteiger partial charge < -0.3 is 20.1 Å². The van der Waals surface area contributed by atoms with Crippen molar-refractivity contribution in [1.82, 2.24) is 20.2 Å². The summed E-state index contributed by atoms with van der Waals surface area (Å²) in [7, 11) is 0. The Bertz CT molecular complexity index is 1690. The number of nitrogens with zero attached hydrogens (tertiary/aromatic N) is 4. The molecule has 4 aromatic rings. The minimum absolute atomic E-state index is 0.0528. The molecule has 9 heteroatoms. The summed E-state index contributed by atoms with van der Waals surface area (Å²) in [5, 5.41) is 16.7. The fraction of sp³-hybridized carbons (Fsp3) is 0.471. The maximum Gasteiger partial charge on any atom is 0.319 e. The summed E-state index contributed by atoms with van der Waals surface area (Å²) in [6, 6.07) is 13.8. The van der Waals surface area contributed by atoms with E-state index >= 15 is 4.39 Å². The number of fused-ring (bicyclic) bond motifs is 6. The molecule has 224 valence electrons. The molecule has 43 heavy (non-hydrogen) atoms. The first-order valence-corrected chi connectivity index (χ1v) is 16.2. The normalized spacial score (nSPS) is 24.2. The lowest BCUT2D eigenvalue weighted by Gasteiger charge is -2.38. The van der Waals surface area contributed by atoms with Crippen LogP contribution < -0.4 is 15.0 Å². The van der Waals surface area contributed by atoms with Gasteiger partial charge in [-0.2, -0.15) is 9.97 Å². The average molecular weight is 602 g/mol. The minimum atomic E-state index is -0.527. The van der Waals surface area contributed by atoms with E-state index in [9.17, 15) is 5.11 Å². The first kappa shape index (κ1) is 27.4. The van der Waals surface area contributed by atoms with Gasteiger partial charge in [-0.3, -0.25) is 4.90 Å². The number of nitrogens with one attached hydrogen (secondary N) is 1. The maximum absolute atomic E-state index is 16.9. The molecule has 7 nitrogen and oxygen atoms in total. The van der Waals surface area contributed by atoms with Crippen LogP contribution in [0.15, 0.2) is 42.5 Å². The van der Waals surface area contributed by atoms with Crippen molar-refractivity contribution in [2.24, 2.45) is 5.92 Å². The van der Waals surface area contributed by atoms with Gasteiger partial charge in [0.15, 0.2) is 5.82 Å². The number of phenols is 1. The van der Waals surface area contributed by atoms with E-state index in [0.29, 0.717) is 35.5 Å². The third kappa shape index (κ3) is 5.17. The van der Waals surface area contributed by atoms with Gasteiger partial charge in [0.1, 0.15) is 23.7 Å². The van der Waals surface area contributed by atoms with Gasteiger partial charge in [-0.1, -0.05) is 35.9 Å². The van der Waals surface area contributed by atoms with E-state index in [-0.39, 0.29) is 33.9 Å². The number of aromatic hydroxyl groups is 1. The van der Waals surface area contributed by atoms with E-state index in [1.165, 1.54) is 19.3 Å². The first-order chi connectivity index (χ1) is 21.0. The number of anilines is 1. The predicted molar refractivity (Wildman–Crippen MR) is 169 cm³/mol. The quantitative estimate of drug-likeness (QED) is 0.249. The van der Waals surface area contributed by atoms with Crippen molar-refractivity contribution in [3.63, 3.8) is 0 Å². The number of halogens is 2. The highest BCUT2D eigenvalue weighted by atomic mass is 35.5. The Morgan fingerprint density at radius 3 is 2.79 bits per heavy atom. The van der Waals surface area contributed by atoms with Crippen molar-refractivity contribution in [2.75, 3.05) is 37.7 Å². The van der Waals surface area contributed by atoms with E-state index in [4.69, 9.17) is 26.3 Å². The molecule has 4 saturated heterocycles. The Morgan fingerprint density at radius 2 is 1.91 bits per heavy atom. The second-order valence-corrected chi connectivity index (χ2v) is 13.3. The first-order valence-electron chi connectivity index (χ1n) is 15.8. The summed E-state index contributed by atoms with van der Waals surface area (Å²) in [5.74, 6) is 1.04. The third-order valence-electron chi connectivity index (χ3n) is 9.91. The molecule has 3 aromatic carbocycles. The highest BCUT2D eigenvalue weighted by Gasteiger charge is 2.35. The number of benzene rings is 3. The molecule has 1 aromatic heterocycles. The molecule has 1 aliphatic carbocycles. The minimum Gasteiger partial charge on any atom is -0.508 e. The number of likely N-dealkylation sites (tertiary alicyclic amines) is 1. The summed E-state index contributed by atoms with van der Waals surface area (Å²) in [4.78, 5) is 14.6.